The summed E-state index contributed by atoms with van der Waals surface area (Å²) in [6.07, 6.45) is 1.90. The minimum Gasteiger partial charge on any atom is -0.493 e. The highest BCUT2D eigenvalue weighted by Crippen LogP contribution is 2.38. The molecular formula is C17H22N2O7. The van der Waals surface area contributed by atoms with Crippen LogP contribution in [0.2, 0.25) is 0 Å². The van der Waals surface area contributed by atoms with Crippen molar-refractivity contribution < 1.29 is 33.3 Å². The van der Waals surface area contributed by atoms with E-state index in [-0.39, 0.29) is 30.7 Å². The molecule has 2 N–H and O–H groups in total. The van der Waals surface area contributed by atoms with Crippen LogP contribution in [-0.2, 0) is 14.3 Å². The maximum absolute atomic E-state index is 12.2. The number of carbonyl (C=O) groups is 3. The van der Waals surface area contributed by atoms with Crippen molar-refractivity contribution in [3.63, 3.8) is 0 Å². The Kier molecular flexibility index (Phi) is 6.65. The van der Waals surface area contributed by atoms with Crippen LogP contribution in [0.25, 0.3) is 0 Å². The molecule has 0 bridgehead atoms. The number of hydrogen-bond acceptors (Lipinski definition) is 7. The fourth-order valence-corrected chi connectivity index (χ4v) is 2.16. The summed E-state index contributed by atoms with van der Waals surface area (Å²) >= 11 is 0. The van der Waals surface area contributed by atoms with Gasteiger partial charge in [-0.2, -0.15) is 0 Å². The normalized spacial score (nSPS) is 12.7. The quantitative estimate of drug-likeness (QED) is 0.603. The molecule has 2 amide bonds. The minimum atomic E-state index is -0.711. The molecule has 9 nitrogen and oxygen atoms in total. The number of carbonyl (C=O) groups excluding carboxylic acids is 3. The lowest BCUT2D eigenvalue weighted by Crippen LogP contribution is -2.34. The van der Waals surface area contributed by atoms with Crippen LogP contribution >= 0.6 is 0 Å². The zero-order valence-corrected chi connectivity index (χ0v) is 14.9. The number of ether oxygens (including phenoxy) is 4. The van der Waals surface area contributed by atoms with Gasteiger partial charge in [-0.25, -0.2) is 0 Å². The first-order valence-corrected chi connectivity index (χ1v) is 8.01. The number of hydrogen-bond donors (Lipinski definition) is 2. The Hall–Kier alpha value is -2.97. The molecule has 1 saturated carbocycles. The van der Waals surface area contributed by atoms with Crippen LogP contribution in [0.5, 0.6) is 17.2 Å². The fourth-order valence-electron chi connectivity index (χ4n) is 2.16. The van der Waals surface area contributed by atoms with Crippen LogP contribution in [-0.4, -0.2) is 58.3 Å². The number of rotatable bonds is 9. The molecule has 1 aromatic rings. The molecule has 9 heteroatoms. The Morgan fingerprint density at radius 3 is 2.15 bits per heavy atom. The van der Waals surface area contributed by atoms with Gasteiger partial charge in [0.15, 0.2) is 18.1 Å². The summed E-state index contributed by atoms with van der Waals surface area (Å²) < 4.78 is 20.3. The van der Waals surface area contributed by atoms with E-state index >= 15 is 0 Å². The molecule has 0 spiro atoms. The van der Waals surface area contributed by atoms with Crippen LogP contribution in [0, 0.1) is 0 Å². The number of esters is 1. The second kappa shape index (κ2) is 8.93. The zero-order chi connectivity index (χ0) is 19.1. The third-order valence-corrected chi connectivity index (χ3v) is 3.63. The van der Waals surface area contributed by atoms with Crippen LogP contribution in [0.3, 0.4) is 0 Å². The molecule has 0 aromatic heterocycles. The average Bonchev–Trinajstić information content (AvgIpc) is 3.46. The Morgan fingerprint density at radius 2 is 1.65 bits per heavy atom. The second-order valence-corrected chi connectivity index (χ2v) is 5.60. The van der Waals surface area contributed by atoms with Gasteiger partial charge in [0.2, 0.25) is 5.75 Å². The second-order valence-electron chi connectivity index (χ2n) is 5.60. The molecule has 1 aliphatic carbocycles. The lowest BCUT2D eigenvalue weighted by atomic mass is 10.1. The summed E-state index contributed by atoms with van der Waals surface area (Å²) in [5.41, 5.74) is 0.221. The minimum absolute atomic E-state index is 0.195. The highest BCUT2D eigenvalue weighted by molar-refractivity contribution is 5.97. The van der Waals surface area contributed by atoms with Gasteiger partial charge in [0.05, 0.1) is 21.3 Å². The largest absolute Gasteiger partial charge is 0.493 e. The summed E-state index contributed by atoms with van der Waals surface area (Å²) in [6.45, 7) is -0.735. The van der Waals surface area contributed by atoms with Crippen LogP contribution in [0.15, 0.2) is 12.1 Å². The van der Waals surface area contributed by atoms with Crippen molar-refractivity contribution in [3.05, 3.63) is 17.7 Å². The molecule has 0 aliphatic heterocycles. The summed E-state index contributed by atoms with van der Waals surface area (Å²) in [6, 6.07) is 3.12. The molecule has 142 valence electrons. The lowest BCUT2D eigenvalue weighted by Gasteiger charge is -2.14. The summed E-state index contributed by atoms with van der Waals surface area (Å²) in [5.74, 6) is -0.600. The molecule has 0 heterocycles. The van der Waals surface area contributed by atoms with E-state index in [0.29, 0.717) is 17.2 Å². The van der Waals surface area contributed by atoms with Crippen molar-refractivity contribution in [3.8, 4) is 17.2 Å². The van der Waals surface area contributed by atoms with Gasteiger partial charge in [0.25, 0.3) is 11.8 Å². The van der Waals surface area contributed by atoms with E-state index in [2.05, 4.69) is 10.6 Å². The van der Waals surface area contributed by atoms with Gasteiger partial charge >= 0.3 is 5.97 Å². The van der Waals surface area contributed by atoms with E-state index in [9.17, 15) is 14.4 Å². The monoisotopic (exact) mass is 366 g/mol. The first kappa shape index (κ1) is 19.4. The maximum atomic E-state index is 12.2. The van der Waals surface area contributed by atoms with Gasteiger partial charge < -0.3 is 29.6 Å². The smallest absolute Gasteiger partial charge is 0.325 e. The van der Waals surface area contributed by atoms with E-state index < -0.39 is 11.9 Å². The molecule has 0 radical (unpaired) electrons. The summed E-state index contributed by atoms with van der Waals surface area (Å²) in [5, 5.41) is 5.11. The number of nitrogens with one attached hydrogen (secondary N) is 2. The average molecular weight is 366 g/mol. The Balaban J connectivity index is 1.88. The van der Waals surface area contributed by atoms with Crippen molar-refractivity contribution in [2.45, 2.75) is 18.9 Å². The summed E-state index contributed by atoms with van der Waals surface area (Å²) in [7, 11) is 4.32. The van der Waals surface area contributed by atoms with E-state index in [4.69, 9.17) is 18.9 Å². The molecule has 0 saturated heterocycles. The van der Waals surface area contributed by atoms with E-state index in [1.807, 2.05) is 0 Å². The molecular weight excluding hydrogens is 344 g/mol. The fraction of sp³-hybridized carbons (Fsp3) is 0.471. The molecule has 0 atom stereocenters. The van der Waals surface area contributed by atoms with Crippen molar-refractivity contribution in [1.82, 2.24) is 10.6 Å². The van der Waals surface area contributed by atoms with Gasteiger partial charge in [-0.1, -0.05) is 0 Å². The van der Waals surface area contributed by atoms with Gasteiger partial charge in [-0.05, 0) is 25.0 Å². The predicted molar refractivity (Wildman–Crippen MR) is 90.6 cm³/mol. The van der Waals surface area contributed by atoms with E-state index in [1.54, 1.807) is 0 Å². The lowest BCUT2D eigenvalue weighted by molar-refractivity contribution is -0.147. The third kappa shape index (κ3) is 5.27. The van der Waals surface area contributed by atoms with Crippen LogP contribution in [0.4, 0.5) is 0 Å². The standard InChI is InChI=1S/C17H22N2O7/c1-23-12-6-10(7-13(24-2)16(12)25-3)17(22)18-8-15(21)26-9-14(20)19-11-4-5-11/h6-7,11H,4-5,8-9H2,1-3H3,(H,18,22)(H,19,20). The predicted octanol–water partition coefficient (Wildman–Crippen LogP) is 0.264. The third-order valence-electron chi connectivity index (χ3n) is 3.63. The van der Waals surface area contributed by atoms with Gasteiger partial charge in [0, 0.05) is 11.6 Å². The molecule has 2 rings (SSSR count). The number of benzene rings is 1. The highest BCUT2D eigenvalue weighted by Gasteiger charge is 2.23. The molecule has 0 unspecified atom stereocenters. The maximum Gasteiger partial charge on any atom is 0.325 e. The molecule has 1 fully saturated rings. The van der Waals surface area contributed by atoms with Crippen LogP contribution in [0.1, 0.15) is 23.2 Å². The zero-order valence-electron chi connectivity index (χ0n) is 14.9. The van der Waals surface area contributed by atoms with E-state index in [1.165, 1.54) is 33.5 Å². The molecule has 1 aliphatic rings. The van der Waals surface area contributed by atoms with Crippen molar-refractivity contribution in [2.75, 3.05) is 34.5 Å². The van der Waals surface area contributed by atoms with Gasteiger partial charge in [-0.15, -0.1) is 0 Å². The topological polar surface area (TPSA) is 112 Å². The Bertz CT molecular complexity index is 661. The Morgan fingerprint density at radius 1 is 1.04 bits per heavy atom. The molecule has 1 aromatic carbocycles. The molecule has 26 heavy (non-hydrogen) atoms. The van der Waals surface area contributed by atoms with Crippen molar-refractivity contribution in [2.24, 2.45) is 0 Å². The van der Waals surface area contributed by atoms with E-state index in [0.717, 1.165) is 12.8 Å². The number of methoxy groups -OCH3 is 3. The van der Waals surface area contributed by atoms with Gasteiger partial charge in [-0.3, -0.25) is 14.4 Å². The van der Waals surface area contributed by atoms with Crippen LogP contribution < -0.4 is 24.8 Å². The van der Waals surface area contributed by atoms with Crippen molar-refractivity contribution in [1.29, 1.82) is 0 Å². The first-order valence-electron chi connectivity index (χ1n) is 8.01. The summed E-state index contributed by atoms with van der Waals surface area (Å²) in [4.78, 5) is 35.3. The SMILES string of the molecule is COc1cc(C(=O)NCC(=O)OCC(=O)NC2CC2)cc(OC)c1OC. The van der Waals surface area contributed by atoms with Gasteiger partial charge in [0.1, 0.15) is 6.54 Å². The Labute approximate surface area is 150 Å². The number of amides is 2. The highest BCUT2D eigenvalue weighted by atomic mass is 16.5. The first-order chi connectivity index (χ1) is 12.5. The van der Waals surface area contributed by atoms with Crippen molar-refractivity contribution >= 4 is 17.8 Å².